The molecular formula is C60H117FN6O. The summed E-state index contributed by atoms with van der Waals surface area (Å²) in [6, 6.07) is 20.3. The molecular weight excluding hydrogens is 840 g/mol. The molecule has 5 aliphatic heterocycles. The summed E-state index contributed by atoms with van der Waals surface area (Å²) in [6.07, 6.45) is 12.7. The largest absolute Gasteiger partial charge is 0.340 e. The maximum absolute atomic E-state index is 12.8. The van der Waals surface area contributed by atoms with E-state index in [1.807, 2.05) is 23.1 Å². The van der Waals surface area contributed by atoms with Crippen LogP contribution >= 0.6 is 0 Å². The molecule has 5 fully saturated rings. The van der Waals surface area contributed by atoms with Gasteiger partial charge in [0.25, 0.3) is 0 Å². The Labute approximate surface area is 425 Å². The molecule has 0 aliphatic carbocycles. The molecule has 400 valence electrons. The molecule has 5 heterocycles. The van der Waals surface area contributed by atoms with Crippen molar-refractivity contribution in [1.29, 1.82) is 0 Å². The molecule has 0 saturated carbocycles. The van der Waals surface area contributed by atoms with Crippen molar-refractivity contribution in [2.75, 3.05) is 73.0 Å². The number of benzene rings is 2. The van der Waals surface area contributed by atoms with Gasteiger partial charge in [0, 0.05) is 45.1 Å². The molecule has 1 amide bonds. The first-order valence-corrected chi connectivity index (χ1v) is 27.0. The van der Waals surface area contributed by atoms with Gasteiger partial charge in [0.15, 0.2) is 0 Å². The van der Waals surface area contributed by atoms with E-state index in [4.69, 9.17) is 0 Å². The van der Waals surface area contributed by atoms with Gasteiger partial charge in [0.1, 0.15) is 5.82 Å². The minimum Gasteiger partial charge on any atom is -0.340 e. The number of piperidine rings is 2. The number of amides is 1. The van der Waals surface area contributed by atoms with Crippen LogP contribution in [0, 0.1) is 29.5 Å². The number of hydrogen-bond acceptors (Lipinski definition) is 6. The lowest BCUT2D eigenvalue weighted by atomic mass is 9.89. The van der Waals surface area contributed by atoms with Crippen molar-refractivity contribution in [3.05, 3.63) is 71.5 Å². The smallest absolute Gasteiger partial charge is 0.222 e. The summed E-state index contributed by atoms with van der Waals surface area (Å²) < 4.78 is 12.8. The van der Waals surface area contributed by atoms with E-state index >= 15 is 0 Å². The van der Waals surface area contributed by atoms with Crippen LogP contribution in [0.15, 0.2) is 54.6 Å². The number of nitrogens with two attached hydrogens (primary N) is 1. The highest BCUT2D eigenvalue weighted by Gasteiger charge is 2.26. The third-order valence-electron chi connectivity index (χ3n) is 14.7. The van der Waals surface area contributed by atoms with Crippen LogP contribution in [0.4, 0.5) is 4.39 Å². The van der Waals surface area contributed by atoms with Gasteiger partial charge in [-0.05, 0) is 198 Å². The van der Waals surface area contributed by atoms with Crippen LogP contribution in [-0.4, -0.2) is 128 Å². The Kier molecular flexibility index (Phi) is 38.2. The molecule has 8 heteroatoms. The second-order valence-electron chi connectivity index (χ2n) is 21.4. The molecule has 5 aliphatic rings. The van der Waals surface area contributed by atoms with Crippen molar-refractivity contribution in [3.8, 4) is 0 Å². The number of likely N-dealkylation sites (tertiary alicyclic amines) is 5. The first-order chi connectivity index (χ1) is 31.4. The highest BCUT2D eigenvalue weighted by atomic mass is 19.1. The quantitative estimate of drug-likeness (QED) is 0.270. The second-order valence-corrected chi connectivity index (χ2v) is 21.4. The molecule has 7 nitrogen and oxygen atoms in total. The number of carbonyl (C=O) groups excluding carboxylic acids is 1. The van der Waals surface area contributed by atoms with Gasteiger partial charge in [0.05, 0.1) is 0 Å². The Hall–Kier alpha value is -2.36. The Bertz CT molecular complexity index is 1460. The summed E-state index contributed by atoms with van der Waals surface area (Å²) in [7, 11) is 3.75. The maximum Gasteiger partial charge on any atom is 0.222 e. The summed E-state index contributed by atoms with van der Waals surface area (Å²) in [5.41, 5.74) is 7.21. The van der Waals surface area contributed by atoms with E-state index in [1.54, 1.807) is 12.1 Å². The van der Waals surface area contributed by atoms with Crippen molar-refractivity contribution in [2.45, 2.75) is 212 Å². The fourth-order valence-corrected chi connectivity index (χ4v) is 10.2. The van der Waals surface area contributed by atoms with Gasteiger partial charge in [-0.3, -0.25) is 4.79 Å². The van der Waals surface area contributed by atoms with E-state index in [-0.39, 0.29) is 22.1 Å². The van der Waals surface area contributed by atoms with Gasteiger partial charge in [-0.2, -0.15) is 0 Å². The molecule has 0 spiro atoms. The number of nitrogens with zero attached hydrogens (tertiary/aromatic N) is 5. The predicted octanol–water partition coefficient (Wildman–Crippen LogP) is 14.6. The summed E-state index contributed by atoms with van der Waals surface area (Å²) >= 11 is 0. The zero-order valence-electron chi connectivity index (χ0n) is 46.0. The van der Waals surface area contributed by atoms with Crippen LogP contribution < -0.4 is 5.73 Å². The van der Waals surface area contributed by atoms with Crippen molar-refractivity contribution in [3.63, 3.8) is 0 Å². The van der Waals surface area contributed by atoms with Crippen molar-refractivity contribution < 1.29 is 10.6 Å². The maximum atomic E-state index is 12.8. The molecule has 2 aromatic carbocycles. The fraction of sp³-hybridized carbons (Fsp3) is 0.783. The first kappa shape index (κ1) is 67.7. The van der Waals surface area contributed by atoms with E-state index < -0.39 is 0 Å². The van der Waals surface area contributed by atoms with Crippen molar-refractivity contribution in [1.82, 2.24) is 24.5 Å². The number of halogens is 1. The molecule has 68 heavy (non-hydrogen) atoms. The lowest BCUT2D eigenvalue weighted by molar-refractivity contribution is -0.129. The fourth-order valence-electron chi connectivity index (χ4n) is 10.2. The van der Waals surface area contributed by atoms with Gasteiger partial charge in [-0.15, -0.1) is 0 Å². The Balaban J connectivity index is -0.000000755. The summed E-state index contributed by atoms with van der Waals surface area (Å²) in [6.45, 7) is 42.6. The lowest BCUT2D eigenvalue weighted by Crippen LogP contribution is -2.39. The molecule has 2 aromatic rings. The molecule has 7 rings (SSSR count). The highest BCUT2D eigenvalue weighted by molar-refractivity contribution is 5.78. The SMILES string of the molecule is C.C.CC(C)C1CCCCN1C.CC(C)N1CCC(c2ccc(F)cc2)CC1.CC(C)N1CCCC1=O.CC(C)c1ccccc1.CCN1CCC(C(C)C)C1.CCN1CCCC1C(C)C.CN.[3HH]. The third kappa shape index (κ3) is 26.2. The zero-order valence-corrected chi connectivity index (χ0v) is 46.0. The highest BCUT2D eigenvalue weighted by Crippen LogP contribution is 2.29. The number of carbonyl (C=O) groups is 1. The van der Waals surface area contributed by atoms with Crippen LogP contribution in [-0.2, 0) is 4.79 Å². The van der Waals surface area contributed by atoms with Crippen LogP contribution in [0.3, 0.4) is 0 Å². The molecule has 3 unspecified atom stereocenters. The monoisotopic (exact) mass is 959 g/mol. The van der Waals surface area contributed by atoms with Gasteiger partial charge in [-0.1, -0.05) is 133 Å². The minimum absolute atomic E-state index is 0. The number of rotatable bonds is 9. The van der Waals surface area contributed by atoms with Crippen molar-refractivity contribution in [2.24, 2.45) is 29.4 Å². The lowest BCUT2D eigenvalue weighted by Gasteiger charge is -2.35. The number of hydrogen-bond donors (Lipinski definition) is 1. The van der Waals surface area contributed by atoms with Gasteiger partial charge < -0.3 is 30.2 Å². The second kappa shape index (κ2) is 38.3. The van der Waals surface area contributed by atoms with Gasteiger partial charge in [-0.25, -0.2) is 4.39 Å². The van der Waals surface area contributed by atoms with Crippen LogP contribution in [0.25, 0.3) is 0 Å². The van der Waals surface area contributed by atoms with E-state index in [0.29, 0.717) is 29.8 Å². The average Bonchev–Trinajstić information content (AvgIpc) is 4.11. The Morgan fingerprint density at radius 3 is 1.54 bits per heavy atom. The summed E-state index contributed by atoms with van der Waals surface area (Å²) in [5, 5.41) is 0. The summed E-state index contributed by atoms with van der Waals surface area (Å²) in [5.74, 6) is 5.01. The van der Waals surface area contributed by atoms with Crippen molar-refractivity contribution >= 4 is 5.91 Å². The Morgan fingerprint density at radius 2 is 1.19 bits per heavy atom. The van der Waals surface area contributed by atoms with Gasteiger partial charge in [0.2, 0.25) is 5.91 Å². The summed E-state index contributed by atoms with van der Waals surface area (Å²) in [4.78, 5) is 23.0. The predicted molar refractivity (Wildman–Crippen MR) is 303 cm³/mol. The van der Waals surface area contributed by atoms with E-state index in [2.05, 4.69) is 154 Å². The zero-order chi connectivity index (χ0) is 49.8. The molecule has 0 radical (unpaired) electrons. The average molecular weight is 960 g/mol. The molecule has 0 aromatic heterocycles. The van der Waals surface area contributed by atoms with E-state index in [1.165, 1.54) is 122 Å². The van der Waals surface area contributed by atoms with Crippen LogP contribution in [0.5, 0.6) is 0 Å². The van der Waals surface area contributed by atoms with E-state index in [9.17, 15) is 9.18 Å². The third-order valence-corrected chi connectivity index (χ3v) is 14.7. The first-order valence-electron chi connectivity index (χ1n) is 27.0. The van der Waals surface area contributed by atoms with Crippen LogP contribution in [0.1, 0.15) is 200 Å². The van der Waals surface area contributed by atoms with Gasteiger partial charge >= 0.3 is 0 Å². The van der Waals surface area contributed by atoms with E-state index in [0.717, 1.165) is 55.1 Å². The molecule has 3 atom stereocenters. The molecule has 0 bridgehead atoms. The minimum atomic E-state index is -0.136. The standard InChI is InChI=1S/C14H20FN.3C9H19N.C9H12.C7H13NO.CH5N.2CH4.H2/c1-11(2)16-9-7-13(8-10-16)12-3-5-14(15)6-4-12;1-8(2)9-6-4-5-7-10(9)3;1-4-10-6-5-9(7-10)8(2)3;1-4-10-7-5-6-9(10)8(2)3;1-8(2)9-6-4-3-5-7-9;1-6(2)8-5-3-4-7(8)9;1-2;;;/h3-6,11,13H,7-10H2,1-2H3;3*8-9H,4-7H2,1-3H3;3-8H,1-2H3;6H,3-5H2,1-2H3;2H2,1H3;2*1H4;1H/i;;;;;;;;;1+2. The normalized spacial score (nSPS) is 21.2. The molecule has 2 N–H and O–H groups in total. The topological polar surface area (TPSA) is 59.3 Å². The molecule has 5 saturated heterocycles. The Morgan fingerprint density at radius 1 is 0.618 bits per heavy atom. The van der Waals surface area contributed by atoms with Crippen LogP contribution in [0.2, 0.25) is 0 Å².